The molecule has 1 aromatic heterocycles. The van der Waals surface area contributed by atoms with Gasteiger partial charge in [0.05, 0.1) is 29.8 Å². The molecule has 2 bridgehead atoms. The van der Waals surface area contributed by atoms with E-state index in [1.807, 2.05) is 6.92 Å². The van der Waals surface area contributed by atoms with Gasteiger partial charge in [0.2, 0.25) is 5.91 Å². The number of amides is 1. The maximum absolute atomic E-state index is 13.2. The Balaban J connectivity index is 1.38. The second kappa shape index (κ2) is 9.66. The van der Waals surface area contributed by atoms with Gasteiger partial charge < -0.3 is 15.4 Å². The maximum atomic E-state index is 13.2. The fourth-order valence-electron chi connectivity index (χ4n) is 5.10. The van der Waals surface area contributed by atoms with E-state index in [1.165, 1.54) is 0 Å². The molecule has 4 unspecified atom stereocenters. The molecule has 0 saturated carbocycles. The van der Waals surface area contributed by atoms with E-state index in [2.05, 4.69) is 25.8 Å². The first kappa shape index (κ1) is 26.4. The number of piperidine rings is 1. The summed E-state index contributed by atoms with van der Waals surface area (Å²) in [5, 5.41) is 13.1. The minimum atomic E-state index is -4.92. The van der Waals surface area contributed by atoms with Crippen LogP contribution in [-0.4, -0.2) is 45.3 Å². The van der Waals surface area contributed by atoms with Crippen LogP contribution in [0.2, 0.25) is 0 Å². The number of hydrogen-bond donors (Lipinski definition) is 3. The van der Waals surface area contributed by atoms with E-state index in [0.717, 1.165) is 0 Å². The summed E-state index contributed by atoms with van der Waals surface area (Å²) in [5.41, 5.74) is -3.60. The molecule has 2 fully saturated rings. The molecule has 3 N–H and O–H groups in total. The first-order valence-corrected chi connectivity index (χ1v) is 11.6. The fourth-order valence-corrected chi connectivity index (χ4v) is 5.10. The van der Waals surface area contributed by atoms with Crippen LogP contribution in [0.4, 0.5) is 26.3 Å². The highest BCUT2D eigenvalue weighted by molar-refractivity contribution is 5.80. The van der Waals surface area contributed by atoms with Crippen molar-refractivity contribution in [2.45, 2.75) is 76.2 Å². The number of ether oxygens (including phenoxy) is 1. The van der Waals surface area contributed by atoms with E-state index in [-0.39, 0.29) is 29.5 Å². The zero-order chi connectivity index (χ0) is 26.3. The van der Waals surface area contributed by atoms with Gasteiger partial charge in [0.25, 0.3) is 0 Å². The Bertz CT molecular complexity index is 1070. The number of rotatable bonds is 7. The molecule has 1 amide bonds. The highest BCUT2D eigenvalue weighted by Gasteiger charge is 2.52. The number of fused-ring (bicyclic) bond motifs is 2. The first-order valence-electron chi connectivity index (χ1n) is 11.6. The summed E-state index contributed by atoms with van der Waals surface area (Å²) in [5.74, 6) is 0.823. The molecule has 0 spiro atoms. The minimum Gasteiger partial charge on any atom is -0.372 e. The standard InChI is InChI=1S/C23H27F6N5O2/c1-12-31-19(34-33-12)5-6-30-20(35)16-10-21(2)18(4-3-17(16)32-21)36-11-13-7-14(22(24,25)26)9-15(8-13)23(27,28)29/h7-9,16-18,32H,3-6,10-11H2,1-2H3,(H,30,35)(H,31,33,34). The lowest BCUT2D eigenvalue weighted by atomic mass is 9.88. The molecule has 0 aliphatic carbocycles. The van der Waals surface area contributed by atoms with Crippen molar-refractivity contribution in [2.75, 3.05) is 6.54 Å². The predicted molar refractivity (Wildman–Crippen MR) is 116 cm³/mol. The second-order valence-electron chi connectivity index (χ2n) is 9.65. The third-order valence-corrected chi connectivity index (χ3v) is 6.82. The van der Waals surface area contributed by atoms with Crippen molar-refractivity contribution in [2.24, 2.45) is 5.92 Å². The van der Waals surface area contributed by atoms with E-state index in [0.29, 0.717) is 56.0 Å². The van der Waals surface area contributed by atoms with Gasteiger partial charge in [-0.2, -0.15) is 31.4 Å². The van der Waals surface area contributed by atoms with Crippen LogP contribution in [0.25, 0.3) is 0 Å². The van der Waals surface area contributed by atoms with Crippen LogP contribution in [0.5, 0.6) is 0 Å². The van der Waals surface area contributed by atoms with Gasteiger partial charge in [0.1, 0.15) is 5.82 Å². The lowest BCUT2D eigenvalue weighted by Crippen LogP contribution is -2.55. The van der Waals surface area contributed by atoms with Crippen LogP contribution in [0.1, 0.15) is 54.5 Å². The number of halogens is 6. The van der Waals surface area contributed by atoms with Crippen molar-refractivity contribution in [3.63, 3.8) is 0 Å². The van der Waals surface area contributed by atoms with Crippen LogP contribution in [-0.2, 0) is 34.9 Å². The summed E-state index contributed by atoms with van der Waals surface area (Å²) in [6, 6.07) is 1.36. The van der Waals surface area contributed by atoms with E-state index in [1.54, 1.807) is 6.92 Å². The maximum Gasteiger partial charge on any atom is 0.416 e. The number of aromatic amines is 1. The van der Waals surface area contributed by atoms with Crippen molar-refractivity contribution in [3.05, 3.63) is 46.5 Å². The molecule has 2 saturated heterocycles. The van der Waals surface area contributed by atoms with Crippen LogP contribution >= 0.6 is 0 Å². The summed E-state index contributed by atoms with van der Waals surface area (Å²) in [6.07, 6.45) is -8.29. The Kier molecular flexibility index (Phi) is 7.08. The van der Waals surface area contributed by atoms with Gasteiger partial charge in [0, 0.05) is 24.5 Å². The minimum absolute atomic E-state index is 0.0917. The van der Waals surface area contributed by atoms with Gasteiger partial charge in [-0.15, -0.1) is 0 Å². The molecule has 13 heteroatoms. The molecule has 3 heterocycles. The monoisotopic (exact) mass is 519 g/mol. The number of carbonyl (C=O) groups is 1. The normalized spacial score (nSPS) is 26.3. The molecule has 2 aliphatic heterocycles. The summed E-state index contributed by atoms with van der Waals surface area (Å²) in [4.78, 5) is 17.0. The lowest BCUT2D eigenvalue weighted by molar-refractivity contribution is -0.143. The van der Waals surface area contributed by atoms with Crippen molar-refractivity contribution in [1.29, 1.82) is 0 Å². The van der Waals surface area contributed by atoms with Gasteiger partial charge >= 0.3 is 12.4 Å². The average molecular weight is 519 g/mol. The molecule has 36 heavy (non-hydrogen) atoms. The number of H-pyrrole nitrogens is 1. The topological polar surface area (TPSA) is 91.9 Å². The number of aryl methyl sites for hydroxylation is 1. The van der Waals surface area contributed by atoms with Crippen LogP contribution < -0.4 is 10.6 Å². The molecule has 4 rings (SSSR count). The summed E-state index contributed by atoms with van der Waals surface area (Å²) in [7, 11) is 0. The molecular formula is C23H27F6N5O2. The summed E-state index contributed by atoms with van der Waals surface area (Å²) >= 11 is 0. The van der Waals surface area contributed by atoms with E-state index >= 15 is 0 Å². The van der Waals surface area contributed by atoms with Gasteiger partial charge in [0.15, 0.2) is 5.82 Å². The summed E-state index contributed by atoms with van der Waals surface area (Å²) in [6.45, 7) is 3.60. The number of hydrogen-bond acceptors (Lipinski definition) is 5. The lowest BCUT2D eigenvalue weighted by Gasteiger charge is -2.39. The largest absolute Gasteiger partial charge is 0.416 e. The Hall–Kier alpha value is -2.67. The first-order chi connectivity index (χ1) is 16.7. The predicted octanol–water partition coefficient (Wildman–Crippen LogP) is 3.93. The van der Waals surface area contributed by atoms with E-state index in [9.17, 15) is 31.1 Å². The van der Waals surface area contributed by atoms with E-state index < -0.39 is 41.7 Å². The summed E-state index contributed by atoms with van der Waals surface area (Å²) < 4.78 is 84.8. The molecule has 2 aliphatic rings. The quantitative estimate of drug-likeness (QED) is 0.483. The number of carbonyl (C=O) groups excluding carboxylic acids is 1. The SMILES string of the molecule is Cc1nc(CCNC(=O)C2CC3(C)NC2CCC3OCc2cc(C(F)(F)F)cc(C(F)(F)F)c2)n[nH]1. The fraction of sp³-hybridized carbons (Fsp3) is 0.609. The Morgan fingerprint density at radius 3 is 2.39 bits per heavy atom. The van der Waals surface area contributed by atoms with Crippen molar-refractivity contribution < 1.29 is 35.9 Å². The molecule has 2 aromatic rings. The van der Waals surface area contributed by atoms with Gasteiger partial charge in [-0.3, -0.25) is 9.89 Å². The van der Waals surface area contributed by atoms with Gasteiger partial charge in [-0.05, 0) is 56.9 Å². The Labute approximate surface area is 203 Å². The second-order valence-corrected chi connectivity index (χ2v) is 9.65. The average Bonchev–Trinajstić information content (AvgIpc) is 3.32. The number of nitrogens with zero attached hydrogens (tertiary/aromatic N) is 2. The third kappa shape index (κ3) is 5.83. The third-order valence-electron chi connectivity index (χ3n) is 6.82. The van der Waals surface area contributed by atoms with Gasteiger partial charge in [-0.1, -0.05) is 0 Å². The molecular weight excluding hydrogens is 492 g/mol. The zero-order valence-corrected chi connectivity index (χ0v) is 19.7. The number of nitrogens with one attached hydrogen (secondary N) is 3. The van der Waals surface area contributed by atoms with Crippen molar-refractivity contribution >= 4 is 5.91 Å². The van der Waals surface area contributed by atoms with Crippen molar-refractivity contribution in [3.8, 4) is 0 Å². The molecule has 7 nitrogen and oxygen atoms in total. The van der Waals surface area contributed by atoms with Crippen LogP contribution in [0, 0.1) is 12.8 Å². The van der Waals surface area contributed by atoms with E-state index in [4.69, 9.17) is 4.74 Å². The highest BCUT2D eigenvalue weighted by atomic mass is 19.4. The van der Waals surface area contributed by atoms with Crippen LogP contribution in [0.3, 0.4) is 0 Å². The number of benzene rings is 1. The molecule has 0 radical (unpaired) electrons. The molecule has 1 aromatic carbocycles. The smallest absolute Gasteiger partial charge is 0.372 e. The Morgan fingerprint density at radius 1 is 1.14 bits per heavy atom. The number of aromatic nitrogens is 3. The molecule has 198 valence electrons. The zero-order valence-electron chi connectivity index (χ0n) is 19.7. The number of alkyl halides is 6. The Morgan fingerprint density at radius 2 is 1.81 bits per heavy atom. The van der Waals surface area contributed by atoms with Crippen molar-refractivity contribution in [1.82, 2.24) is 25.8 Å². The molecule has 4 atom stereocenters. The highest BCUT2D eigenvalue weighted by Crippen LogP contribution is 2.42. The van der Waals surface area contributed by atoms with Gasteiger partial charge in [-0.25, -0.2) is 4.98 Å². The van der Waals surface area contributed by atoms with Crippen LogP contribution in [0.15, 0.2) is 18.2 Å².